The Balaban J connectivity index is 1.38. The minimum Gasteiger partial charge on any atom is -0.356 e. The fourth-order valence-electron chi connectivity index (χ4n) is 3.18. The van der Waals surface area contributed by atoms with E-state index in [0.29, 0.717) is 0 Å². The molecule has 2 aromatic heterocycles. The van der Waals surface area contributed by atoms with Crippen molar-refractivity contribution in [3.8, 4) is 0 Å². The van der Waals surface area contributed by atoms with Crippen LogP contribution in [0.4, 0.5) is 5.82 Å². The van der Waals surface area contributed by atoms with Crippen LogP contribution in [0.5, 0.6) is 0 Å². The fraction of sp³-hybridized carbons (Fsp3) is 0.412. The summed E-state index contributed by atoms with van der Waals surface area (Å²) >= 11 is 0. The monoisotopic (exact) mass is 338 g/mol. The first-order valence-electron chi connectivity index (χ1n) is 8.59. The Morgan fingerprint density at radius 1 is 1.24 bits per heavy atom. The lowest BCUT2D eigenvalue weighted by atomic mass is 10.1. The number of hydrogen-bond donors (Lipinski definition) is 2. The number of anilines is 1. The molecule has 0 aliphatic carbocycles. The normalized spacial score (nSPS) is 13.5. The van der Waals surface area contributed by atoms with Crippen LogP contribution < -0.4 is 10.6 Å². The number of tetrazole rings is 1. The first-order chi connectivity index (χ1) is 12.3. The molecule has 4 rings (SSSR count). The molecule has 8 heteroatoms. The zero-order valence-electron chi connectivity index (χ0n) is 14.3. The van der Waals surface area contributed by atoms with Gasteiger partial charge in [0, 0.05) is 26.1 Å². The summed E-state index contributed by atoms with van der Waals surface area (Å²) in [5.74, 6) is 1.89. The summed E-state index contributed by atoms with van der Waals surface area (Å²) in [6.45, 7) is 5.42. The second-order valence-electron chi connectivity index (χ2n) is 6.35. The third-order valence-corrected chi connectivity index (χ3v) is 4.44. The molecule has 2 N–H and O–H groups in total. The summed E-state index contributed by atoms with van der Waals surface area (Å²) in [7, 11) is 0. The summed E-state index contributed by atoms with van der Waals surface area (Å²) in [6, 6.07) is 8.46. The largest absolute Gasteiger partial charge is 0.356 e. The molecule has 130 valence electrons. The number of nitrogens with one attached hydrogen (secondary N) is 2. The zero-order chi connectivity index (χ0) is 17.1. The average Bonchev–Trinajstić information content (AvgIpc) is 3.23. The fourth-order valence-corrected chi connectivity index (χ4v) is 3.18. The standard InChI is InChI=1S/C17H22N8/c1-13-4-2-5-14(8-13)9-16-21-22-23-25(16)7-3-6-24-12-20-17-15(24)10-18-11-19-17/h2,4-5,8,12,18-19H,3,6-7,9-11H2,1H3. The van der Waals surface area contributed by atoms with Crippen LogP contribution in [-0.2, 0) is 26.1 Å². The molecule has 3 aromatic rings. The Morgan fingerprint density at radius 2 is 2.20 bits per heavy atom. The van der Waals surface area contributed by atoms with E-state index in [1.807, 2.05) is 11.0 Å². The van der Waals surface area contributed by atoms with E-state index in [2.05, 4.69) is 66.9 Å². The quantitative estimate of drug-likeness (QED) is 0.705. The van der Waals surface area contributed by atoms with Crippen LogP contribution in [0.3, 0.4) is 0 Å². The van der Waals surface area contributed by atoms with E-state index in [1.54, 1.807) is 0 Å². The van der Waals surface area contributed by atoms with E-state index in [0.717, 1.165) is 50.8 Å². The van der Waals surface area contributed by atoms with Crippen molar-refractivity contribution in [1.29, 1.82) is 0 Å². The van der Waals surface area contributed by atoms with Crippen LogP contribution in [0.25, 0.3) is 0 Å². The summed E-state index contributed by atoms with van der Waals surface area (Å²) < 4.78 is 4.10. The second-order valence-corrected chi connectivity index (χ2v) is 6.35. The maximum atomic E-state index is 4.42. The topological polar surface area (TPSA) is 85.5 Å². The summed E-state index contributed by atoms with van der Waals surface area (Å²) in [4.78, 5) is 4.42. The highest BCUT2D eigenvalue weighted by molar-refractivity contribution is 5.42. The van der Waals surface area contributed by atoms with E-state index < -0.39 is 0 Å². The van der Waals surface area contributed by atoms with Gasteiger partial charge in [0.05, 0.1) is 18.7 Å². The van der Waals surface area contributed by atoms with Crippen molar-refractivity contribution in [1.82, 2.24) is 35.1 Å². The van der Waals surface area contributed by atoms with Gasteiger partial charge in [-0.05, 0) is 29.3 Å². The molecule has 0 saturated heterocycles. The smallest absolute Gasteiger partial charge is 0.155 e. The van der Waals surface area contributed by atoms with Crippen molar-refractivity contribution in [3.63, 3.8) is 0 Å². The predicted molar refractivity (Wildman–Crippen MR) is 94.0 cm³/mol. The van der Waals surface area contributed by atoms with E-state index in [4.69, 9.17) is 0 Å². The van der Waals surface area contributed by atoms with Crippen molar-refractivity contribution in [2.75, 3.05) is 12.0 Å². The van der Waals surface area contributed by atoms with Crippen molar-refractivity contribution in [3.05, 3.63) is 53.2 Å². The minimum atomic E-state index is 0.753. The lowest BCUT2D eigenvalue weighted by molar-refractivity contribution is 0.492. The third kappa shape index (κ3) is 3.53. The number of imidazole rings is 1. The minimum absolute atomic E-state index is 0.753. The Labute approximate surface area is 146 Å². The Bertz CT molecular complexity index is 850. The number of benzene rings is 1. The highest BCUT2D eigenvalue weighted by Gasteiger charge is 2.14. The molecule has 1 aromatic carbocycles. The zero-order valence-corrected chi connectivity index (χ0v) is 14.3. The van der Waals surface area contributed by atoms with Gasteiger partial charge in [0.25, 0.3) is 0 Å². The Hall–Kier alpha value is -2.74. The molecule has 3 heterocycles. The van der Waals surface area contributed by atoms with Gasteiger partial charge in [-0.15, -0.1) is 5.10 Å². The molecule has 0 amide bonds. The number of rotatable bonds is 6. The van der Waals surface area contributed by atoms with Gasteiger partial charge in [-0.25, -0.2) is 9.67 Å². The molecule has 1 aliphatic heterocycles. The summed E-state index contributed by atoms with van der Waals surface area (Å²) in [6.07, 6.45) is 3.61. The molecule has 0 atom stereocenters. The number of fused-ring (bicyclic) bond motifs is 1. The molecule has 0 unspecified atom stereocenters. The highest BCUT2D eigenvalue weighted by atomic mass is 15.5. The molecule has 0 saturated carbocycles. The molecular formula is C17H22N8. The Morgan fingerprint density at radius 3 is 3.12 bits per heavy atom. The van der Waals surface area contributed by atoms with Crippen molar-refractivity contribution in [2.24, 2.45) is 0 Å². The Kier molecular flexibility index (Phi) is 4.43. The van der Waals surface area contributed by atoms with Gasteiger partial charge in [-0.3, -0.25) is 5.32 Å². The van der Waals surface area contributed by atoms with Gasteiger partial charge in [0.1, 0.15) is 5.82 Å². The van der Waals surface area contributed by atoms with Crippen LogP contribution in [0.1, 0.15) is 29.1 Å². The maximum absolute atomic E-state index is 4.42. The van der Waals surface area contributed by atoms with Crippen LogP contribution in [0.15, 0.2) is 30.6 Å². The number of aryl methyl sites for hydroxylation is 3. The molecule has 0 bridgehead atoms. The lowest BCUT2D eigenvalue weighted by Gasteiger charge is -2.16. The van der Waals surface area contributed by atoms with E-state index in [9.17, 15) is 0 Å². The van der Waals surface area contributed by atoms with Crippen molar-refractivity contribution < 1.29 is 0 Å². The number of nitrogens with zero attached hydrogens (tertiary/aromatic N) is 6. The number of hydrogen-bond acceptors (Lipinski definition) is 6. The highest BCUT2D eigenvalue weighted by Crippen LogP contribution is 2.16. The van der Waals surface area contributed by atoms with Crippen molar-refractivity contribution >= 4 is 5.82 Å². The first-order valence-corrected chi connectivity index (χ1v) is 8.59. The molecule has 1 aliphatic rings. The molecule has 0 spiro atoms. The van der Waals surface area contributed by atoms with Crippen LogP contribution in [-0.4, -0.2) is 36.4 Å². The van der Waals surface area contributed by atoms with Crippen LogP contribution >= 0.6 is 0 Å². The van der Waals surface area contributed by atoms with Gasteiger partial charge >= 0.3 is 0 Å². The summed E-state index contributed by atoms with van der Waals surface area (Å²) in [5.41, 5.74) is 3.70. The van der Waals surface area contributed by atoms with Gasteiger partial charge in [0.2, 0.25) is 0 Å². The molecule has 0 radical (unpaired) electrons. The first kappa shape index (κ1) is 15.8. The van der Waals surface area contributed by atoms with E-state index >= 15 is 0 Å². The van der Waals surface area contributed by atoms with Crippen LogP contribution in [0.2, 0.25) is 0 Å². The van der Waals surface area contributed by atoms with Crippen LogP contribution in [0, 0.1) is 6.92 Å². The SMILES string of the molecule is Cc1cccc(Cc2nnnn2CCCn2cnc3c2CNCN3)c1. The molecule has 0 fully saturated rings. The maximum Gasteiger partial charge on any atom is 0.155 e. The lowest BCUT2D eigenvalue weighted by Crippen LogP contribution is -2.28. The van der Waals surface area contributed by atoms with Crippen molar-refractivity contribution in [2.45, 2.75) is 39.4 Å². The summed E-state index contributed by atoms with van der Waals surface area (Å²) in [5, 5.41) is 18.7. The predicted octanol–water partition coefficient (Wildman–Crippen LogP) is 1.33. The van der Waals surface area contributed by atoms with Gasteiger partial charge in [-0.2, -0.15) is 0 Å². The number of aromatic nitrogens is 6. The average molecular weight is 338 g/mol. The van der Waals surface area contributed by atoms with E-state index in [1.165, 1.54) is 16.8 Å². The molecular weight excluding hydrogens is 316 g/mol. The van der Waals surface area contributed by atoms with Gasteiger partial charge in [0.15, 0.2) is 5.82 Å². The molecule has 8 nitrogen and oxygen atoms in total. The van der Waals surface area contributed by atoms with Gasteiger partial charge < -0.3 is 9.88 Å². The van der Waals surface area contributed by atoms with Gasteiger partial charge in [-0.1, -0.05) is 29.8 Å². The third-order valence-electron chi connectivity index (χ3n) is 4.44. The second kappa shape index (κ2) is 7.02. The van der Waals surface area contributed by atoms with E-state index in [-0.39, 0.29) is 0 Å². The molecule has 25 heavy (non-hydrogen) atoms.